The first-order valence-electron chi connectivity index (χ1n) is 8.57. The zero-order chi connectivity index (χ0) is 18.5. The number of sulfonamides is 1. The van der Waals surface area contributed by atoms with E-state index in [1.807, 2.05) is 37.3 Å². The average molecular weight is 389 g/mol. The van der Waals surface area contributed by atoms with Crippen LogP contribution >= 0.6 is 11.8 Å². The van der Waals surface area contributed by atoms with E-state index in [9.17, 15) is 13.2 Å². The minimum atomic E-state index is -3.70. The van der Waals surface area contributed by atoms with Gasteiger partial charge in [0.15, 0.2) is 0 Å². The molecule has 136 valence electrons. The van der Waals surface area contributed by atoms with E-state index >= 15 is 0 Å². The number of amides is 1. The fourth-order valence-corrected chi connectivity index (χ4v) is 6.39. The van der Waals surface area contributed by atoms with Gasteiger partial charge in [-0.25, -0.2) is 8.42 Å². The van der Waals surface area contributed by atoms with E-state index in [2.05, 4.69) is 0 Å². The van der Waals surface area contributed by atoms with Crippen molar-refractivity contribution in [3.8, 4) is 0 Å². The van der Waals surface area contributed by atoms with E-state index < -0.39 is 10.0 Å². The van der Waals surface area contributed by atoms with Gasteiger partial charge in [-0.1, -0.05) is 18.2 Å². The van der Waals surface area contributed by atoms with Crippen molar-refractivity contribution in [1.82, 2.24) is 0 Å². The summed E-state index contributed by atoms with van der Waals surface area (Å²) in [7, 11) is -3.70. The number of fused-ring (bicyclic) bond motifs is 2. The van der Waals surface area contributed by atoms with Crippen LogP contribution in [0, 0.1) is 0 Å². The molecule has 1 atom stereocenters. The van der Waals surface area contributed by atoms with E-state index in [4.69, 9.17) is 0 Å². The molecule has 5 nitrogen and oxygen atoms in total. The minimum Gasteiger partial charge on any atom is -0.311 e. The molecule has 0 saturated carbocycles. The van der Waals surface area contributed by atoms with Gasteiger partial charge < -0.3 is 4.90 Å². The summed E-state index contributed by atoms with van der Waals surface area (Å²) in [6, 6.07) is 12.6. The summed E-state index contributed by atoms with van der Waals surface area (Å²) < 4.78 is 28.3. The van der Waals surface area contributed by atoms with E-state index in [-0.39, 0.29) is 16.8 Å². The molecule has 1 amide bonds. The molecule has 0 aliphatic carbocycles. The van der Waals surface area contributed by atoms with Crippen molar-refractivity contribution in [1.29, 1.82) is 0 Å². The van der Waals surface area contributed by atoms with Crippen LogP contribution in [-0.4, -0.2) is 32.7 Å². The molecule has 2 heterocycles. The van der Waals surface area contributed by atoms with Gasteiger partial charge in [0.25, 0.3) is 10.0 Å². The monoisotopic (exact) mass is 388 g/mol. The number of hydrogen-bond donors (Lipinski definition) is 0. The van der Waals surface area contributed by atoms with Crippen LogP contribution in [0.15, 0.2) is 52.3 Å². The average Bonchev–Trinajstić information content (AvgIpc) is 2.96. The lowest BCUT2D eigenvalue weighted by Gasteiger charge is -2.30. The quantitative estimate of drug-likeness (QED) is 0.792. The van der Waals surface area contributed by atoms with Gasteiger partial charge in [-0.05, 0) is 43.2 Å². The number of para-hydroxylation sites is 1. The molecule has 4 rings (SSSR count). The second-order valence-corrected chi connectivity index (χ2v) is 9.58. The molecule has 0 fully saturated rings. The summed E-state index contributed by atoms with van der Waals surface area (Å²) in [6.45, 7) is 4.03. The van der Waals surface area contributed by atoms with Crippen LogP contribution in [0.5, 0.6) is 0 Å². The molecule has 1 unspecified atom stereocenters. The Labute approximate surface area is 158 Å². The van der Waals surface area contributed by atoms with Crippen LogP contribution in [0.1, 0.15) is 19.4 Å². The predicted octanol–water partition coefficient (Wildman–Crippen LogP) is 3.29. The van der Waals surface area contributed by atoms with Crippen LogP contribution in [0.4, 0.5) is 11.4 Å². The number of carbonyl (C=O) groups is 1. The predicted molar refractivity (Wildman–Crippen MR) is 104 cm³/mol. The number of nitrogens with zero attached hydrogens (tertiary/aromatic N) is 2. The van der Waals surface area contributed by atoms with Crippen LogP contribution in [0.2, 0.25) is 0 Å². The van der Waals surface area contributed by atoms with E-state index in [0.717, 1.165) is 21.9 Å². The second-order valence-electron chi connectivity index (χ2n) is 6.63. The highest BCUT2D eigenvalue weighted by Crippen LogP contribution is 2.40. The summed E-state index contributed by atoms with van der Waals surface area (Å²) in [5.41, 5.74) is 2.48. The summed E-state index contributed by atoms with van der Waals surface area (Å²) in [6.07, 6.45) is 0.704. The Bertz CT molecular complexity index is 988. The van der Waals surface area contributed by atoms with Crippen molar-refractivity contribution >= 4 is 39.1 Å². The molecule has 2 aromatic carbocycles. The molecule has 0 bridgehead atoms. The Morgan fingerprint density at radius 2 is 1.92 bits per heavy atom. The third kappa shape index (κ3) is 2.70. The molecule has 0 saturated heterocycles. The summed E-state index contributed by atoms with van der Waals surface area (Å²) in [5, 5.41) is 0. The van der Waals surface area contributed by atoms with E-state index in [1.54, 1.807) is 28.8 Å². The number of thioether (sulfide) groups is 1. The van der Waals surface area contributed by atoms with Gasteiger partial charge in [0.05, 0.1) is 16.3 Å². The van der Waals surface area contributed by atoms with Crippen molar-refractivity contribution in [2.45, 2.75) is 36.1 Å². The second kappa shape index (κ2) is 6.32. The summed E-state index contributed by atoms with van der Waals surface area (Å²) >= 11 is 1.65. The van der Waals surface area contributed by atoms with Crippen molar-refractivity contribution in [3.63, 3.8) is 0 Å². The Morgan fingerprint density at radius 1 is 1.15 bits per heavy atom. The maximum Gasteiger partial charge on any atom is 0.264 e. The van der Waals surface area contributed by atoms with Gasteiger partial charge in [0.1, 0.15) is 0 Å². The maximum atomic E-state index is 13.4. The molecule has 0 radical (unpaired) electrons. The number of hydrogen-bond acceptors (Lipinski definition) is 4. The van der Waals surface area contributed by atoms with Crippen LogP contribution in [0.25, 0.3) is 0 Å². The van der Waals surface area contributed by atoms with Crippen molar-refractivity contribution in [2.75, 3.05) is 21.5 Å². The first-order chi connectivity index (χ1) is 12.4. The van der Waals surface area contributed by atoms with E-state index in [0.29, 0.717) is 18.7 Å². The van der Waals surface area contributed by atoms with Gasteiger partial charge in [0, 0.05) is 30.2 Å². The first-order valence-corrected chi connectivity index (χ1v) is 11.0. The molecule has 0 N–H and O–H groups in total. The molecule has 26 heavy (non-hydrogen) atoms. The molecule has 2 aliphatic rings. The highest BCUT2D eigenvalue weighted by molar-refractivity contribution is 7.99. The van der Waals surface area contributed by atoms with Crippen molar-refractivity contribution in [2.24, 2.45) is 0 Å². The highest BCUT2D eigenvalue weighted by atomic mass is 32.2. The van der Waals surface area contributed by atoms with Gasteiger partial charge in [-0.3, -0.25) is 9.10 Å². The molecule has 0 spiro atoms. The van der Waals surface area contributed by atoms with Gasteiger partial charge in [0.2, 0.25) is 5.91 Å². The Balaban J connectivity index is 1.80. The fourth-order valence-electron chi connectivity index (χ4n) is 3.70. The summed E-state index contributed by atoms with van der Waals surface area (Å²) in [5.74, 6) is 0.746. The van der Waals surface area contributed by atoms with E-state index in [1.165, 1.54) is 11.2 Å². The third-order valence-corrected chi connectivity index (χ3v) is 7.84. The zero-order valence-electron chi connectivity index (χ0n) is 14.7. The number of carbonyl (C=O) groups excluding carboxylic acids is 1. The minimum absolute atomic E-state index is 0.0685. The van der Waals surface area contributed by atoms with Crippen LogP contribution in [-0.2, 0) is 21.2 Å². The Kier molecular flexibility index (Phi) is 4.23. The smallest absolute Gasteiger partial charge is 0.264 e. The maximum absolute atomic E-state index is 13.4. The lowest BCUT2D eigenvalue weighted by molar-refractivity contribution is -0.116. The van der Waals surface area contributed by atoms with Gasteiger partial charge in [-0.15, -0.1) is 11.8 Å². The Morgan fingerprint density at radius 3 is 2.69 bits per heavy atom. The molecule has 2 aromatic rings. The molecule has 0 aromatic heterocycles. The lowest BCUT2D eigenvalue weighted by atomic mass is 10.1. The normalized spacial score (nSPS) is 19.2. The van der Waals surface area contributed by atoms with Crippen LogP contribution in [0.3, 0.4) is 0 Å². The van der Waals surface area contributed by atoms with Gasteiger partial charge in [-0.2, -0.15) is 0 Å². The zero-order valence-corrected chi connectivity index (χ0v) is 16.3. The Hall–Kier alpha value is -1.99. The molecule has 7 heteroatoms. The number of benzene rings is 2. The molecular weight excluding hydrogens is 368 g/mol. The molecular formula is C19H20N2O3S2. The van der Waals surface area contributed by atoms with Gasteiger partial charge >= 0.3 is 0 Å². The SMILES string of the molecule is CC(=O)N1CCSc2ccc(S(=O)(=O)N3c4ccccc4CC3C)cc21. The number of rotatable bonds is 2. The van der Waals surface area contributed by atoms with Crippen molar-refractivity contribution in [3.05, 3.63) is 48.0 Å². The standard InChI is InChI=1S/C19H20N2O3S2/c1-13-11-15-5-3-4-6-17(15)21(13)26(23,24)16-7-8-19-18(12-16)20(14(2)22)9-10-25-19/h3-8,12-13H,9-11H2,1-2H3. The topological polar surface area (TPSA) is 57.7 Å². The fraction of sp³-hybridized carbons (Fsp3) is 0.316. The lowest BCUT2D eigenvalue weighted by Crippen LogP contribution is -2.36. The summed E-state index contributed by atoms with van der Waals surface area (Å²) in [4.78, 5) is 14.8. The first kappa shape index (κ1) is 17.4. The van der Waals surface area contributed by atoms with Crippen molar-refractivity contribution < 1.29 is 13.2 Å². The number of anilines is 2. The largest absolute Gasteiger partial charge is 0.311 e. The molecule has 2 aliphatic heterocycles. The van der Waals surface area contributed by atoms with Crippen LogP contribution < -0.4 is 9.21 Å². The highest BCUT2D eigenvalue weighted by Gasteiger charge is 2.36. The third-order valence-electron chi connectivity index (χ3n) is 4.88.